The fourth-order valence-corrected chi connectivity index (χ4v) is 3.76. The number of ether oxygens (including phenoxy) is 1. The summed E-state index contributed by atoms with van der Waals surface area (Å²) in [5.74, 6) is 0. The molecule has 0 radical (unpaired) electrons. The van der Waals surface area contributed by atoms with Gasteiger partial charge in [-0.3, -0.25) is 0 Å². The SMILES string of the molecule is CC1CCC(C[Se]c2ccccc2)O1. The predicted molar refractivity (Wildman–Crippen MR) is 60.2 cm³/mol. The topological polar surface area (TPSA) is 9.23 Å². The average molecular weight is 255 g/mol. The van der Waals surface area contributed by atoms with Gasteiger partial charge in [-0.25, -0.2) is 0 Å². The summed E-state index contributed by atoms with van der Waals surface area (Å²) in [6, 6.07) is 10.8. The van der Waals surface area contributed by atoms with Crippen LogP contribution in [0.3, 0.4) is 0 Å². The molecule has 0 saturated carbocycles. The molecule has 0 amide bonds. The average Bonchev–Trinajstić information content (AvgIpc) is 2.63. The quantitative estimate of drug-likeness (QED) is 0.751. The summed E-state index contributed by atoms with van der Waals surface area (Å²) < 4.78 is 7.29. The summed E-state index contributed by atoms with van der Waals surface area (Å²) in [6.07, 6.45) is 3.53. The fourth-order valence-electron chi connectivity index (χ4n) is 1.71. The maximum absolute atomic E-state index is 5.80. The monoisotopic (exact) mass is 256 g/mol. The first-order valence-corrected chi connectivity index (χ1v) is 7.24. The van der Waals surface area contributed by atoms with Crippen LogP contribution in [0.25, 0.3) is 0 Å². The van der Waals surface area contributed by atoms with Crippen molar-refractivity contribution in [3.05, 3.63) is 30.3 Å². The van der Waals surface area contributed by atoms with Crippen molar-refractivity contribution in [2.75, 3.05) is 0 Å². The zero-order chi connectivity index (χ0) is 9.80. The van der Waals surface area contributed by atoms with Crippen molar-refractivity contribution in [2.24, 2.45) is 0 Å². The molecule has 0 aliphatic carbocycles. The van der Waals surface area contributed by atoms with Crippen molar-refractivity contribution in [2.45, 2.75) is 37.3 Å². The second kappa shape index (κ2) is 4.97. The predicted octanol–water partition coefficient (Wildman–Crippen LogP) is 2.00. The van der Waals surface area contributed by atoms with E-state index in [1.807, 2.05) is 0 Å². The molecule has 1 heterocycles. The van der Waals surface area contributed by atoms with E-state index in [-0.39, 0.29) is 0 Å². The third-order valence-electron chi connectivity index (χ3n) is 2.50. The van der Waals surface area contributed by atoms with Gasteiger partial charge < -0.3 is 0 Å². The van der Waals surface area contributed by atoms with Crippen LogP contribution in [-0.4, -0.2) is 27.2 Å². The van der Waals surface area contributed by atoms with Crippen molar-refractivity contribution >= 4 is 19.4 Å². The molecule has 76 valence electrons. The molecule has 0 aromatic heterocycles. The van der Waals surface area contributed by atoms with Crippen LogP contribution in [0.1, 0.15) is 19.8 Å². The van der Waals surface area contributed by atoms with Crippen LogP contribution in [0.5, 0.6) is 0 Å². The van der Waals surface area contributed by atoms with Gasteiger partial charge in [0, 0.05) is 0 Å². The van der Waals surface area contributed by atoms with E-state index in [1.165, 1.54) is 22.6 Å². The number of benzene rings is 1. The molecule has 0 N–H and O–H groups in total. The van der Waals surface area contributed by atoms with E-state index in [2.05, 4.69) is 37.3 Å². The third-order valence-corrected chi connectivity index (χ3v) is 4.90. The van der Waals surface area contributed by atoms with Crippen LogP contribution in [0, 0.1) is 0 Å². The molecule has 2 atom stereocenters. The van der Waals surface area contributed by atoms with Crippen LogP contribution in [-0.2, 0) is 4.74 Å². The zero-order valence-corrected chi connectivity index (χ0v) is 10.2. The minimum absolute atomic E-state index is 0.492. The number of hydrogen-bond acceptors (Lipinski definition) is 1. The standard InChI is InChI=1S/C12H16OSe/c1-10-7-8-11(13-10)9-14-12-5-3-2-4-6-12/h2-6,10-11H,7-9H2,1H3. The second-order valence-electron chi connectivity index (χ2n) is 3.77. The van der Waals surface area contributed by atoms with Crippen LogP contribution < -0.4 is 4.46 Å². The van der Waals surface area contributed by atoms with E-state index in [9.17, 15) is 0 Å². The molecule has 1 aromatic carbocycles. The van der Waals surface area contributed by atoms with Crippen LogP contribution in [0.4, 0.5) is 0 Å². The van der Waals surface area contributed by atoms with E-state index < -0.39 is 0 Å². The Labute approximate surface area is 92.0 Å². The fraction of sp³-hybridized carbons (Fsp3) is 0.500. The molecule has 1 fully saturated rings. The maximum atomic E-state index is 5.80. The second-order valence-corrected chi connectivity index (χ2v) is 6.06. The Bertz CT molecular complexity index is 273. The molecule has 0 bridgehead atoms. The Morgan fingerprint density at radius 2 is 2.07 bits per heavy atom. The Morgan fingerprint density at radius 1 is 1.29 bits per heavy atom. The number of rotatable bonds is 3. The van der Waals surface area contributed by atoms with Crippen molar-refractivity contribution in [3.63, 3.8) is 0 Å². The first-order valence-electron chi connectivity index (χ1n) is 5.18. The molecule has 1 aliphatic rings. The summed E-state index contributed by atoms with van der Waals surface area (Å²) in [5, 5.41) is 1.24. The van der Waals surface area contributed by atoms with Gasteiger partial charge in [-0.1, -0.05) is 0 Å². The molecule has 2 rings (SSSR count). The molecule has 1 aliphatic heterocycles. The van der Waals surface area contributed by atoms with Gasteiger partial charge in [-0.15, -0.1) is 0 Å². The van der Waals surface area contributed by atoms with E-state index in [4.69, 9.17) is 4.74 Å². The van der Waals surface area contributed by atoms with Crippen LogP contribution in [0.15, 0.2) is 30.3 Å². The van der Waals surface area contributed by atoms with E-state index in [0.717, 1.165) is 0 Å². The van der Waals surface area contributed by atoms with Crippen molar-refractivity contribution < 1.29 is 4.74 Å². The summed E-state index contributed by atoms with van der Waals surface area (Å²) in [6.45, 7) is 2.18. The van der Waals surface area contributed by atoms with Gasteiger partial charge in [0.1, 0.15) is 0 Å². The summed E-state index contributed by atoms with van der Waals surface area (Å²) >= 11 is 0.593. The Morgan fingerprint density at radius 3 is 2.71 bits per heavy atom. The first kappa shape index (κ1) is 10.2. The summed E-state index contributed by atoms with van der Waals surface area (Å²) in [7, 11) is 0. The third kappa shape index (κ3) is 2.84. The normalized spacial score (nSPS) is 26.6. The molecule has 2 unspecified atom stereocenters. The first-order chi connectivity index (χ1) is 6.84. The van der Waals surface area contributed by atoms with Gasteiger partial charge in [-0.2, -0.15) is 0 Å². The van der Waals surface area contributed by atoms with Gasteiger partial charge in [0.15, 0.2) is 0 Å². The molecular formula is C12H16OSe. The minimum atomic E-state index is 0.492. The van der Waals surface area contributed by atoms with Crippen LogP contribution >= 0.6 is 0 Å². The van der Waals surface area contributed by atoms with Gasteiger partial charge in [0.2, 0.25) is 0 Å². The molecule has 1 nitrogen and oxygen atoms in total. The van der Waals surface area contributed by atoms with E-state index >= 15 is 0 Å². The Kier molecular flexibility index (Phi) is 3.63. The number of hydrogen-bond donors (Lipinski definition) is 0. The molecule has 1 aromatic rings. The van der Waals surface area contributed by atoms with Crippen molar-refractivity contribution in [1.82, 2.24) is 0 Å². The summed E-state index contributed by atoms with van der Waals surface area (Å²) in [4.78, 5) is 0. The van der Waals surface area contributed by atoms with E-state index in [0.29, 0.717) is 27.2 Å². The van der Waals surface area contributed by atoms with Crippen molar-refractivity contribution in [1.29, 1.82) is 0 Å². The molecular weight excluding hydrogens is 239 g/mol. The Hall–Kier alpha value is -0.301. The van der Waals surface area contributed by atoms with Gasteiger partial charge in [0.05, 0.1) is 0 Å². The molecule has 0 spiro atoms. The summed E-state index contributed by atoms with van der Waals surface area (Å²) in [5.41, 5.74) is 0. The molecule has 14 heavy (non-hydrogen) atoms. The van der Waals surface area contributed by atoms with Gasteiger partial charge >= 0.3 is 91.8 Å². The Balaban J connectivity index is 1.78. The van der Waals surface area contributed by atoms with Crippen LogP contribution in [0.2, 0.25) is 5.32 Å². The van der Waals surface area contributed by atoms with Crippen molar-refractivity contribution in [3.8, 4) is 0 Å². The molecule has 2 heteroatoms. The zero-order valence-electron chi connectivity index (χ0n) is 8.48. The van der Waals surface area contributed by atoms with Gasteiger partial charge in [-0.05, 0) is 0 Å². The van der Waals surface area contributed by atoms with E-state index in [1.54, 1.807) is 0 Å². The molecule has 1 saturated heterocycles. The van der Waals surface area contributed by atoms with Gasteiger partial charge in [0.25, 0.3) is 0 Å².